The van der Waals surface area contributed by atoms with Crippen molar-refractivity contribution in [1.29, 1.82) is 0 Å². The van der Waals surface area contributed by atoms with Gasteiger partial charge < -0.3 is 14.5 Å². The molecule has 2 aromatic rings. The van der Waals surface area contributed by atoms with Crippen molar-refractivity contribution in [2.24, 2.45) is 0 Å². The first-order valence-corrected chi connectivity index (χ1v) is 6.42. The maximum absolute atomic E-state index is 12.9. The molecule has 1 N–H and O–H groups in total. The summed E-state index contributed by atoms with van der Waals surface area (Å²) in [4.78, 5) is 0. The predicted molar refractivity (Wildman–Crippen MR) is 71.8 cm³/mol. The number of nitrogens with one attached hydrogen (secondary N) is 1. The lowest BCUT2D eigenvalue weighted by molar-refractivity contribution is 0.268. The van der Waals surface area contributed by atoms with Gasteiger partial charge in [0.15, 0.2) is 0 Å². The summed E-state index contributed by atoms with van der Waals surface area (Å²) in [7, 11) is 0. The number of rotatable bonds is 6. The lowest BCUT2D eigenvalue weighted by atomic mass is 10.2. The third-order valence-corrected chi connectivity index (χ3v) is 2.95. The van der Waals surface area contributed by atoms with E-state index in [1.165, 1.54) is 18.2 Å². The van der Waals surface area contributed by atoms with Crippen molar-refractivity contribution in [3.05, 3.63) is 52.7 Å². The lowest BCUT2D eigenvalue weighted by Crippen LogP contribution is -2.12. The van der Waals surface area contributed by atoms with Crippen LogP contribution in [0, 0.1) is 5.82 Å². The van der Waals surface area contributed by atoms with Crippen LogP contribution in [0.5, 0.6) is 5.75 Å². The molecule has 1 heterocycles. The van der Waals surface area contributed by atoms with Crippen molar-refractivity contribution < 1.29 is 13.5 Å². The van der Waals surface area contributed by atoms with E-state index in [1.54, 1.807) is 6.26 Å². The van der Waals surface area contributed by atoms with Crippen molar-refractivity contribution in [3.63, 3.8) is 0 Å². The van der Waals surface area contributed by atoms with Crippen LogP contribution in [-0.2, 0) is 13.2 Å². The Morgan fingerprint density at radius 3 is 2.95 bits per heavy atom. The van der Waals surface area contributed by atoms with Crippen LogP contribution < -0.4 is 10.1 Å². The van der Waals surface area contributed by atoms with E-state index in [-0.39, 0.29) is 17.4 Å². The van der Waals surface area contributed by atoms with Gasteiger partial charge in [-0.05, 0) is 30.8 Å². The summed E-state index contributed by atoms with van der Waals surface area (Å²) in [5, 5.41) is 3.47. The normalized spacial score (nSPS) is 10.7. The molecular formula is C14H15ClFNO2. The van der Waals surface area contributed by atoms with Gasteiger partial charge in [0.2, 0.25) is 0 Å². The zero-order valence-corrected chi connectivity index (χ0v) is 11.3. The number of ether oxygens (including phenoxy) is 1. The molecule has 3 nitrogen and oxygen atoms in total. The van der Waals surface area contributed by atoms with E-state index in [2.05, 4.69) is 5.32 Å². The SMILES string of the molecule is CCNCc1ccoc1COc1ccc(F)cc1Cl. The predicted octanol–water partition coefficient (Wildman–Crippen LogP) is 3.76. The second-order valence-electron chi connectivity index (χ2n) is 4.01. The Kier molecular flexibility index (Phi) is 4.82. The molecule has 0 amide bonds. The summed E-state index contributed by atoms with van der Waals surface area (Å²) in [6, 6.07) is 5.93. The van der Waals surface area contributed by atoms with E-state index in [0.29, 0.717) is 5.75 Å². The van der Waals surface area contributed by atoms with Crippen molar-refractivity contribution in [2.75, 3.05) is 6.54 Å². The van der Waals surface area contributed by atoms with Crippen molar-refractivity contribution in [3.8, 4) is 5.75 Å². The summed E-state index contributed by atoms with van der Waals surface area (Å²) >= 11 is 5.89. The molecule has 102 valence electrons. The highest BCUT2D eigenvalue weighted by Gasteiger charge is 2.09. The minimum Gasteiger partial charge on any atom is -0.484 e. The zero-order valence-electron chi connectivity index (χ0n) is 10.6. The highest BCUT2D eigenvalue weighted by molar-refractivity contribution is 6.32. The largest absolute Gasteiger partial charge is 0.484 e. The number of hydrogen-bond donors (Lipinski definition) is 1. The maximum Gasteiger partial charge on any atom is 0.146 e. The van der Waals surface area contributed by atoms with Crippen LogP contribution in [0.25, 0.3) is 0 Å². The Hall–Kier alpha value is -1.52. The zero-order chi connectivity index (χ0) is 13.7. The Balaban J connectivity index is 2.00. The molecule has 0 aliphatic carbocycles. The first-order valence-electron chi connectivity index (χ1n) is 6.04. The van der Waals surface area contributed by atoms with Crippen molar-refractivity contribution in [2.45, 2.75) is 20.1 Å². The summed E-state index contributed by atoms with van der Waals surface area (Å²) in [6.45, 7) is 3.91. The number of halogens is 2. The Bertz CT molecular complexity index is 542. The van der Waals surface area contributed by atoms with Crippen LogP contribution in [0.4, 0.5) is 4.39 Å². The Morgan fingerprint density at radius 1 is 1.37 bits per heavy atom. The highest BCUT2D eigenvalue weighted by Crippen LogP contribution is 2.26. The van der Waals surface area contributed by atoms with E-state index in [4.69, 9.17) is 20.8 Å². The number of hydrogen-bond acceptors (Lipinski definition) is 3. The standard InChI is InChI=1S/C14H15ClFNO2/c1-2-17-8-10-5-6-18-14(10)9-19-13-4-3-11(16)7-12(13)15/h3-7,17H,2,8-9H2,1H3. The van der Waals surface area contributed by atoms with Gasteiger partial charge in [-0.2, -0.15) is 0 Å². The van der Waals surface area contributed by atoms with Crippen LogP contribution in [0.15, 0.2) is 34.9 Å². The van der Waals surface area contributed by atoms with Crippen LogP contribution in [0.2, 0.25) is 5.02 Å². The molecule has 2 rings (SSSR count). The van der Waals surface area contributed by atoms with Gasteiger partial charge in [0.25, 0.3) is 0 Å². The summed E-state index contributed by atoms with van der Waals surface area (Å²) < 4.78 is 23.8. The molecule has 0 aliphatic rings. The molecule has 1 aromatic carbocycles. The van der Waals surface area contributed by atoms with Gasteiger partial charge >= 0.3 is 0 Å². The molecule has 1 aromatic heterocycles. The fraction of sp³-hybridized carbons (Fsp3) is 0.286. The molecule has 0 fully saturated rings. The Morgan fingerprint density at radius 2 is 2.21 bits per heavy atom. The summed E-state index contributed by atoms with van der Waals surface area (Å²) in [5.41, 5.74) is 1.04. The third kappa shape index (κ3) is 3.72. The van der Waals surface area contributed by atoms with Gasteiger partial charge in [0.05, 0.1) is 11.3 Å². The molecule has 5 heteroatoms. The number of furan rings is 1. The third-order valence-electron chi connectivity index (χ3n) is 2.66. The van der Waals surface area contributed by atoms with Gasteiger partial charge in [0, 0.05) is 12.1 Å². The average molecular weight is 284 g/mol. The highest BCUT2D eigenvalue weighted by atomic mass is 35.5. The van der Waals surface area contributed by atoms with Crippen molar-refractivity contribution in [1.82, 2.24) is 5.32 Å². The fourth-order valence-corrected chi connectivity index (χ4v) is 1.87. The second-order valence-corrected chi connectivity index (χ2v) is 4.42. The Labute approximate surface area is 116 Å². The molecule has 19 heavy (non-hydrogen) atoms. The fourth-order valence-electron chi connectivity index (χ4n) is 1.65. The quantitative estimate of drug-likeness (QED) is 0.876. The molecule has 0 spiro atoms. The van der Waals surface area contributed by atoms with Gasteiger partial charge in [-0.15, -0.1) is 0 Å². The van der Waals surface area contributed by atoms with E-state index in [9.17, 15) is 4.39 Å². The summed E-state index contributed by atoms with van der Waals surface area (Å²) in [5.74, 6) is 0.790. The smallest absolute Gasteiger partial charge is 0.146 e. The second kappa shape index (κ2) is 6.59. The van der Waals surface area contributed by atoms with Crippen molar-refractivity contribution >= 4 is 11.6 Å². The van der Waals surface area contributed by atoms with E-state index in [1.807, 2.05) is 13.0 Å². The maximum atomic E-state index is 12.9. The molecule has 0 saturated heterocycles. The van der Waals surface area contributed by atoms with E-state index >= 15 is 0 Å². The molecule has 0 atom stereocenters. The molecule has 0 radical (unpaired) electrons. The first-order chi connectivity index (χ1) is 9.20. The van der Waals surface area contributed by atoms with E-state index < -0.39 is 0 Å². The molecule has 0 bridgehead atoms. The van der Waals surface area contributed by atoms with Gasteiger partial charge in [-0.1, -0.05) is 18.5 Å². The first kappa shape index (κ1) is 13.9. The minimum absolute atomic E-state index is 0.250. The molecule has 0 unspecified atom stereocenters. The monoisotopic (exact) mass is 283 g/mol. The van der Waals surface area contributed by atoms with E-state index in [0.717, 1.165) is 24.4 Å². The summed E-state index contributed by atoms with van der Waals surface area (Å²) in [6.07, 6.45) is 1.62. The number of benzene rings is 1. The van der Waals surface area contributed by atoms with Gasteiger partial charge in [-0.25, -0.2) is 4.39 Å². The minimum atomic E-state index is -0.386. The molecular weight excluding hydrogens is 269 g/mol. The average Bonchev–Trinajstić information content (AvgIpc) is 2.83. The lowest BCUT2D eigenvalue weighted by Gasteiger charge is -2.08. The van der Waals surface area contributed by atoms with Crippen LogP contribution >= 0.6 is 11.6 Å². The van der Waals surface area contributed by atoms with Crippen LogP contribution in [0.1, 0.15) is 18.2 Å². The van der Waals surface area contributed by atoms with Gasteiger partial charge in [0.1, 0.15) is 23.9 Å². The molecule has 0 aliphatic heterocycles. The molecule has 0 saturated carbocycles. The topological polar surface area (TPSA) is 34.4 Å². The van der Waals surface area contributed by atoms with Gasteiger partial charge in [-0.3, -0.25) is 0 Å². The van der Waals surface area contributed by atoms with Crippen LogP contribution in [-0.4, -0.2) is 6.54 Å². The van der Waals surface area contributed by atoms with Crippen LogP contribution in [0.3, 0.4) is 0 Å².